The Kier molecular flexibility index (Phi) is 6.44. The number of carboxylic acid groups (broad SMARTS) is 1. The van der Waals surface area contributed by atoms with Crippen LogP contribution in [-0.4, -0.2) is 52.4 Å². The van der Waals surface area contributed by atoms with Gasteiger partial charge in [0.25, 0.3) is 0 Å². The fourth-order valence-corrected chi connectivity index (χ4v) is 5.79. The van der Waals surface area contributed by atoms with Crippen LogP contribution in [0.15, 0.2) is 52.5 Å². The van der Waals surface area contributed by atoms with Gasteiger partial charge >= 0.3 is 5.97 Å². The van der Waals surface area contributed by atoms with Gasteiger partial charge < -0.3 is 19.2 Å². The van der Waals surface area contributed by atoms with E-state index in [4.69, 9.17) is 9.15 Å². The van der Waals surface area contributed by atoms with E-state index in [0.717, 1.165) is 10.4 Å². The largest absolute Gasteiger partial charge is 0.480 e. The molecule has 1 aliphatic rings. The molecule has 3 aromatic rings. The van der Waals surface area contributed by atoms with Crippen LogP contribution in [-0.2, 0) is 14.3 Å². The number of hydrogen-bond acceptors (Lipinski definition) is 7. The fraction of sp³-hybridized carbons (Fsp3) is 0.333. The number of furan rings is 1. The highest BCUT2D eigenvalue weighted by Gasteiger charge is 2.58. The summed E-state index contributed by atoms with van der Waals surface area (Å²) in [5.74, 6) is -3.00. The van der Waals surface area contributed by atoms with Crippen LogP contribution in [0.1, 0.15) is 44.3 Å². The van der Waals surface area contributed by atoms with Gasteiger partial charge in [-0.2, -0.15) is 0 Å². The number of thiophene rings is 1. The molecule has 1 saturated heterocycles. The van der Waals surface area contributed by atoms with Gasteiger partial charge in [-0.1, -0.05) is 6.07 Å². The van der Waals surface area contributed by atoms with E-state index in [1.807, 2.05) is 18.4 Å². The lowest BCUT2D eigenvalue weighted by Gasteiger charge is -2.29. The highest BCUT2D eigenvalue weighted by molar-refractivity contribution is 7.10. The molecule has 3 aromatic heterocycles. The molecule has 1 fully saturated rings. The molecular weight excluding hydrogens is 444 g/mol. The number of carboxylic acids is 1. The molecule has 0 saturated carbocycles. The third-order valence-corrected chi connectivity index (χ3v) is 7.11. The number of aliphatic carboxylic acids is 1. The van der Waals surface area contributed by atoms with Crippen molar-refractivity contribution in [2.24, 2.45) is 5.92 Å². The average Bonchev–Trinajstić information content (AvgIpc) is 3.50. The first-order valence-corrected chi connectivity index (χ1v) is 11.3. The lowest BCUT2D eigenvalue weighted by atomic mass is 9.79. The summed E-state index contributed by atoms with van der Waals surface area (Å²) in [6, 6.07) is 6.50. The maximum atomic E-state index is 13.9. The summed E-state index contributed by atoms with van der Waals surface area (Å²) < 4.78 is 10.7. The summed E-state index contributed by atoms with van der Waals surface area (Å²) in [4.78, 5) is 46.0. The van der Waals surface area contributed by atoms with Crippen LogP contribution in [0.4, 0.5) is 0 Å². The number of rotatable bonds is 7. The van der Waals surface area contributed by atoms with Crippen molar-refractivity contribution in [2.45, 2.75) is 31.8 Å². The smallest absolute Gasteiger partial charge is 0.327 e. The van der Waals surface area contributed by atoms with E-state index in [0.29, 0.717) is 11.3 Å². The quantitative estimate of drug-likeness (QED) is 0.527. The van der Waals surface area contributed by atoms with E-state index in [1.54, 1.807) is 43.6 Å². The van der Waals surface area contributed by atoms with Crippen LogP contribution < -0.4 is 0 Å². The molecule has 1 amide bonds. The van der Waals surface area contributed by atoms with Crippen LogP contribution in [0.3, 0.4) is 0 Å². The van der Waals surface area contributed by atoms with E-state index in [9.17, 15) is 19.5 Å². The van der Waals surface area contributed by atoms with Crippen LogP contribution in [0, 0.1) is 19.8 Å². The van der Waals surface area contributed by atoms with Crippen molar-refractivity contribution >= 4 is 29.0 Å². The van der Waals surface area contributed by atoms with Gasteiger partial charge in [0.1, 0.15) is 18.4 Å². The van der Waals surface area contributed by atoms with Gasteiger partial charge in [0.05, 0.1) is 12.0 Å². The number of Topliss-reactive ketones (excluding diaryl/α,β-unsaturated/α-hetero) is 1. The predicted molar refractivity (Wildman–Crippen MR) is 120 cm³/mol. The summed E-state index contributed by atoms with van der Waals surface area (Å²) in [5, 5.41) is 12.2. The molecule has 4 atom stereocenters. The van der Waals surface area contributed by atoms with Crippen LogP contribution in [0.2, 0.25) is 0 Å². The number of pyridine rings is 1. The maximum absolute atomic E-state index is 13.9. The molecule has 4 rings (SSSR count). The van der Waals surface area contributed by atoms with E-state index in [2.05, 4.69) is 4.98 Å². The Balaban J connectivity index is 1.97. The Bertz CT molecular complexity index is 1170. The highest BCUT2D eigenvalue weighted by Crippen LogP contribution is 2.52. The van der Waals surface area contributed by atoms with Gasteiger partial charge in [0.2, 0.25) is 11.7 Å². The zero-order chi connectivity index (χ0) is 23.7. The Morgan fingerprint density at radius 2 is 2.00 bits per heavy atom. The van der Waals surface area contributed by atoms with Crippen molar-refractivity contribution in [1.82, 2.24) is 9.88 Å². The standard InChI is InChI=1S/C24H24N2O6S/c1-13-8-10-33-23(13)19-18(22(28)16-7-6-14(2)32-16)20(15-5-4-9-25-11-15)26(17(27)12-31-3)21(19)24(29)30/h4-11,18-21H,12H2,1-3H3,(H,29,30). The van der Waals surface area contributed by atoms with Crippen molar-refractivity contribution in [3.8, 4) is 0 Å². The van der Waals surface area contributed by atoms with Gasteiger partial charge in [0, 0.05) is 30.3 Å². The number of amides is 1. The monoisotopic (exact) mass is 468 g/mol. The Labute approximate surface area is 194 Å². The number of aryl methyl sites for hydroxylation is 2. The molecule has 0 aromatic carbocycles. The molecule has 33 heavy (non-hydrogen) atoms. The molecule has 8 nitrogen and oxygen atoms in total. The molecule has 0 aliphatic carbocycles. The number of ketones is 1. The van der Waals surface area contributed by atoms with Crippen molar-refractivity contribution in [1.29, 1.82) is 0 Å². The minimum Gasteiger partial charge on any atom is -0.480 e. The number of nitrogens with zero attached hydrogens (tertiary/aromatic N) is 2. The van der Waals surface area contributed by atoms with E-state index in [-0.39, 0.29) is 18.2 Å². The van der Waals surface area contributed by atoms with Gasteiger partial charge in [-0.15, -0.1) is 11.3 Å². The third-order valence-electron chi connectivity index (χ3n) is 5.99. The molecule has 4 unspecified atom stereocenters. The molecule has 9 heteroatoms. The number of aromatic nitrogens is 1. The summed E-state index contributed by atoms with van der Waals surface area (Å²) in [6.45, 7) is 3.30. The summed E-state index contributed by atoms with van der Waals surface area (Å²) in [7, 11) is 1.37. The second-order valence-corrected chi connectivity index (χ2v) is 8.99. The molecule has 1 N–H and O–H groups in total. The predicted octanol–water partition coefficient (Wildman–Crippen LogP) is 3.62. The highest BCUT2D eigenvalue weighted by atomic mass is 32.1. The lowest BCUT2D eigenvalue weighted by Crippen LogP contribution is -2.45. The van der Waals surface area contributed by atoms with Crippen molar-refractivity contribution in [2.75, 3.05) is 13.7 Å². The van der Waals surface area contributed by atoms with Gasteiger partial charge in [0.15, 0.2) is 5.76 Å². The number of carbonyl (C=O) groups is 3. The second kappa shape index (κ2) is 9.29. The summed E-state index contributed by atoms with van der Waals surface area (Å²) in [6.07, 6.45) is 3.15. The van der Waals surface area contributed by atoms with Gasteiger partial charge in [-0.05, 0) is 54.6 Å². The fourth-order valence-electron chi connectivity index (χ4n) is 4.68. The number of carbonyl (C=O) groups excluding carboxylic acids is 2. The normalized spacial score (nSPS) is 22.5. The molecule has 0 bridgehead atoms. The van der Waals surface area contributed by atoms with Gasteiger partial charge in [-0.25, -0.2) is 4.79 Å². The lowest BCUT2D eigenvalue weighted by molar-refractivity contribution is -0.151. The number of methoxy groups -OCH3 is 1. The first-order chi connectivity index (χ1) is 15.8. The minimum absolute atomic E-state index is 0.135. The zero-order valence-corrected chi connectivity index (χ0v) is 19.2. The third kappa shape index (κ3) is 4.09. The maximum Gasteiger partial charge on any atom is 0.327 e. The SMILES string of the molecule is COCC(=O)N1C(C(=O)O)C(c2sccc2C)C(C(=O)c2ccc(C)o2)C1c1cccnc1. The van der Waals surface area contributed by atoms with E-state index < -0.39 is 35.8 Å². The second-order valence-electron chi connectivity index (χ2n) is 8.04. The minimum atomic E-state index is -1.26. The average molecular weight is 469 g/mol. The Hall–Kier alpha value is -3.30. The molecule has 0 radical (unpaired) electrons. The summed E-state index contributed by atoms with van der Waals surface area (Å²) in [5.41, 5.74) is 1.45. The van der Waals surface area contributed by atoms with Crippen molar-refractivity contribution in [3.63, 3.8) is 0 Å². The first kappa shape index (κ1) is 22.9. The van der Waals surface area contributed by atoms with E-state index >= 15 is 0 Å². The van der Waals surface area contributed by atoms with Crippen LogP contribution in [0.5, 0.6) is 0 Å². The van der Waals surface area contributed by atoms with Gasteiger partial charge in [-0.3, -0.25) is 14.6 Å². The molecule has 172 valence electrons. The van der Waals surface area contributed by atoms with Crippen LogP contribution in [0.25, 0.3) is 0 Å². The topological polar surface area (TPSA) is 110 Å². The van der Waals surface area contributed by atoms with Crippen molar-refractivity contribution in [3.05, 3.63) is 75.6 Å². The zero-order valence-electron chi connectivity index (χ0n) is 18.4. The number of hydrogen-bond donors (Lipinski definition) is 1. The Morgan fingerprint density at radius 3 is 2.55 bits per heavy atom. The Morgan fingerprint density at radius 1 is 1.21 bits per heavy atom. The number of likely N-dealkylation sites (tertiary alicyclic amines) is 1. The van der Waals surface area contributed by atoms with Crippen LogP contribution >= 0.6 is 11.3 Å². The van der Waals surface area contributed by atoms with Crippen molar-refractivity contribution < 1.29 is 28.6 Å². The molecule has 4 heterocycles. The molecule has 0 spiro atoms. The van der Waals surface area contributed by atoms with E-state index in [1.165, 1.54) is 23.3 Å². The molecule has 1 aliphatic heterocycles. The summed E-state index contributed by atoms with van der Waals surface area (Å²) >= 11 is 1.38. The first-order valence-electron chi connectivity index (χ1n) is 10.4. The molecular formula is C24H24N2O6S. The number of ether oxygens (including phenoxy) is 1.